The zero-order valence-electron chi connectivity index (χ0n) is 4.65. The Kier molecular flexibility index (Phi) is 1.95. The standard InChI is InChI=1S/C6H11I/c1-5-3-2-4-6(5)7/h5-6H,2-4H2,1H3/t5-,6-/m0/s1. The molecule has 1 rings (SSSR count). The Balaban J connectivity index is 2.33. The van der Waals surface area contributed by atoms with Gasteiger partial charge in [0.1, 0.15) is 0 Å². The normalized spacial score (nSPS) is 42.0. The summed E-state index contributed by atoms with van der Waals surface area (Å²) >= 11 is 2.56. The molecule has 7 heavy (non-hydrogen) atoms. The number of hydrogen-bond donors (Lipinski definition) is 0. The largest absolute Gasteiger partial charge is 0.0823 e. The average Bonchev–Trinajstić information content (AvgIpc) is 1.91. The molecular formula is C6H11I. The van der Waals surface area contributed by atoms with Crippen LogP contribution in [0.4, 0.5) is 0 Å². The van der Waals surface area contributed by atoms with Crippen LogP contribution in [0.2, 0.25) is 0 Å². The molecule has 1 heteroatoms. The van der Waals surface area contributed by atoms with Gasteiger partial charge in [-0.05, 0) is 18.8 Å². The van der Waals surface area contributed by atoms with E-state index in [-0.39, 0.29) is 0 Å². The minimum atomic E-state index is 0.984. The van der Waals surface area contributed by atoms with Crippen molar-refractivity contribution < 1.29 is 0 Å². The molecule has 0 aromatic rings. The van der Waals surface area contributed by atoms with Gasteiger partial charge in [-0.2, -0.15) is 0 Å². The van der Waals surface area contributed by atoms with E-state index >= 15 is 0 Å². The third kappa shape index (κ3) is 1.31. The number of alkyl halides is 1. The fourth-order valence-corrected chi connectivity index (χ4v) is 1.90. The highest BCUT2D eigenvalue weighted by atomic mass is 127. The molecular weight excluding hydrogens is 199 g/mol. The van der Waals surface area contributed by atoms with Crippen LogP contribution in [0.5, 0.6) is 0 Å². The Hall–Kier alpha value is 0.730. The van der Waals surface area contributed by atoms with Crippen LogP contribution >= 0.6 is 22.6 Å². The molecule has 1 saturated carbocycles. The van der Waals surface area contributed by atoms with Crippen LogP contribution in [-0.2, 0) is 0 Å². The van der Waals surface area contributed by atoms with Crippen LogP contribution in [0.3, 0.4) is 0 Å². The maximum atomic E-state index is 2.56. The second-order valence-corrected chi connectivity index (χ2v) is 4.02. The van der Waals surface area contributed by atoms with E-state index < -0.39 is 0 Å². The first-order valence-corrected chi connectivity index (χ1v) is 4.19. The van der Waals surface area contributed by atoms with Crippen molar-refractivity contribution in [3.05, 3.63) is 0 Å². The van der Waals surface area contributed by atoms with Gasteiger partial charge in [0.15, 0.2) is 0 Å². The van der Waals surface area contributed by atoms with Gasteiger partial charge < -0.3 is 0 Å². The third-order valence-corrected chi connectivity index (χ3v) is 3.61. The summed E-state index contributed by atoms with van der Waals surface area (Å²) in [5.74, 6) is 1.00. The molecule has 0 heterocycles. The van der Waals surface area contributed by atoms with E-state index in [0.717, 1.165) is 9.84 Å². The summed E-state index contributed by atoms with van der Waals surface area (Å²) in [4.78, 5) is 0. The van der Waals surface area contributed by atoms with Crippen molar-refractivity contribution >= 4 is 22.6 Å². The Morgan fingerprint density at radius 2 is 2.14 bits per heavy atom. The Labute approximate surface area is 58.8 Å². The van der Waals surface area contributed by atoms with Gasteiger partial charge in [-0.15, -0.1) is 0 Å². The summed E-state index contributed by atoms with van der Waals surface area (Å²) < 4.78 is 0.984. The lowest BCUT2D eigenvalue weighted by molar-refractivity contribution is 0.638. The molecule has 0 amide bonds. The second kappa shape index (κ2) is 2.33. The van der Waals surface area contributed by atoms with E-state index in [1.165, 1.54) is 19.3 Å². The van der Waals surface area contributed by atoms with Crippen molar-refractivity contribution in [3.8, 4) is 0 Å². The molecule has 1 aliphatic carbocycles. The van der Waals surface area contributed by atoms with Gasteiger partial charge in [0.25, 0.3) is 0 Å². The molecule has 0 saturated heterocycles. The van der Waals surface area contributed by atoms with Gasteiger partial charge in [0, 0.05) is 3.92 Å². The monoisotopic (exact) mass is 210 g/mol. The van der Waals surface area contributed by atoms with E-state index in [1.54, 1.807) is 0 Å². The number of rotatable bonds is 0. The van der Waals surface area contributed by atoms with E-state index in [4.69, 9.17) is 0 Å². The summed E-state index contributed by atoms with van der Waals surface area (Å²) in [5, 5.41) is 0. The predicted molar refractivity (Wildman–Crippen MR) is 40.8 cm³/mol. The van der Waals surface area contributed by atoms with Crippen LogP contribution in [0.1, 0.15) is 26.2 Å². The molecule has 0 aromatic carbocycles. The molecule has 0 aliphatic heterocycles. The first-order chi connectivity index (χ1) is 3.30. The van der Waals surface area contributed by atoms with Crippen LogP contribution in [0, 0.1) is 5.92 Å². The van der Waals surface area contributed by atoms with Gasteiger partial charge in [-0.25, -0.2) is 0 Å². The average molecular weight is 210 g/mol. The summed E-state index contributed by atoms with van der Waals surface area (Å²) in [6.07, 6.45) is 4.39. The molecule has 1 fully saturated rings. The van der Waals surface area contributed by atoms with Crippen molar-refractivity contribution in [2.45, 2.75) is 30.1 Å². The lowest BCUT2D eigenvalue weighted by Gasteiger charge is -2.03. The quantitative estimate of drug-likeness (QED) is 0.425. The zero-order chi connectivity index (χ0) is 5.28. The predicted octanol–water partition coefficient (Wildman–Crippen LogP) is 2.61. The first kappa shape index (κ1) is 5.86. The van der Waals surface area contributed by atoms with Crippen LogP contribution < -0.4 is 0 Å². The smallest absolute Gasteiger partial charge is 0.0135 e. The van der Waals surface area contributed by atoms with Gasteiger partial charge in [-0.3, -0.25) is 0 Å². The van der Waals surface area contributed by atoms with Gasteiger partial charge in [0.2, 0.25) is 0 Å². The summed E-state index contributed by atoms with van der Waals surface area (Å²) in [5.41, 5.74) is 0. The van der Waals surface area contributed by atoms with Crippen molar-refractivity contribution in [2.24, 2.45) is 5.92 Å². The maximum Gasteiger partial charge on any atom is 0.0135 e. The van der Waals surface area contributed by atoms with E-state index in [2.05, 4.69) is 29.5 Å². The minimum absolute atomic E-state index is 0.984. The highest BCUT2D eigenvalue weighted by Crippen LogP contribution is 2.30. The lowest BCUT2D eigenvalue weighted by atomic mass is 10.1. The van der Waals surface area contributed by atoms with Crippen molar-refractivity contribution in [1.29, 1.82) is 0 Å². The number of halogens is 1. The van der Waals surface area contributed by atoms with Crippen molar-refractivity contribution in [3.63, 3.8) is 0 Å². The molecule has 0 radical (unpaired) electrons. The SMILES string of the molecule is C[C@H]1CCC[C@@H]1I. The fraction of sp³-hybridized carbons (Fsp3) is 1.00. The molecule has 1 aliphatic rings. The molecule has 0 N–H and O–H groups in total. The van der Waals surface area contributed by atoms with Gasteiger partial charge in [-0.1, -0.05) is 35.9 Å². The Morgan fingerprint density at radius 3 is 2.29 bits per heavy atom. The summed E-state index contributed by atoms with van der Waals surface area (Å²) in [6, 6.07) is 0. The first-order valence-electron chi connectivity index (χ1n) is 2.95. The Bertz CT molecular complexity index is 53.2. The second-order valence-electron chi connectivity index (χ2n) is 2.42. The fourth-order valence-electron chi connectivity index (χ4n) is 1.10. The molecule has 2 atom stereocenters. The van der Waals surface area contributed by atoms with Gasteiger partial charge >= 0.3 is 0 Å². The topological polar surface area (TPSA) is 0 Å². The molecule has 0 nitrogen and oxygen atoms in total. The zero-order valence-corrected chi connectivity index (χ0v) is 6.81. The van der Waals surface area contributed by atoms with Crippen LogP contribution in [-0.4, -0.2) is 3.92 Å². The summed E-state index contributed by atoms with van der Waals surface area (Å²) in [7, 11) is 0. The maximum absolute atomic E-state index is 2.56. The Morgan fingerprint density at radius 1 is 1.43 bits per heavy atom. The van der Waals surface area contributed by atoms with E-state index in [1.807, 2.05) is 0 Å². The lowest BCUT2D eigenvalue weighted by Crippen LogP contribution is -1.98. The minimum Gasteiger partial charge on any atom is -0.0823 e. The van der Waals surface area contributed by atoms with E-state index in [0.29, 0.717) is 0 Å². The summed E-state index contributed by atoms with van der Waals surface area (Å²) in [6.45, 7) is 2.35. The molecule has 0 aromatic heterocycles. The number of hydrogen-bond acceptors (Lipinski definition) is 0. The van der Waals surface area contributed by atoms with Crippen molar-refractivity contribution in [2.75, 3.05) is 0 Å². The van der Waals surface area contributed by atoms with E-state index in [9.17, 15) is 0 Å². The molecule has 42 valence electrons. The highest BCUT2D eigenvalue weighted by Gasteiger charge is 2.19. The third-order valence-electron chi connectivity index (χ3n) is 1.76. The van der Waals surface area contributed by atoms with Crippen LogP contribution in [0.15, 0.2) is 0 Å². The van der Waals surface area contributed by atoms with Crippen molar-refractivity contribution in [1.82, 2.24) is 0 Å². The molecule has 0 bridgehead atoms. The van der Waals surface area contributed by atoms with Crippen LogP contribution in [0.25, 0.3) is 0 Å². The molecule has 0 unspecified atom stereocenters. The molecule has 0 spiro atoms. The highest BCUT2D eigenvalue weighted by molar-refractivity contribution is 14.1. The van der Waals surface area contributed by atoms with Gasteiger partial charge in [0.05, 0.1) is 0 Å².